The molecule has 2 rings (SSSR count). The molecular weight excluding hydrogens is 272 g/mol. The number of aromatic carboxylic acids is 1. The van der Waals surface area contributed by atoms with Crippen LogP contribution >= 0.6 is 0 Å². The summed E-state index contributed by atoms with van der Waals surface area (Å²) < 4.78 is 31.4. The van der Waals surface area contributed by atoms with Gasteiger partial charge in [0.05, 0.1) is 23.8 Å². The molecule has 5 nitrogen and oxygen atoms in total. The van der Waals surface area contributed by atoms with Crippen molar-refractivity contribution in [2.24, 2.45) is 5.92 Å². The maximum atomic E-state index is 13.2. The number of amides is 1. The number of carbonyl (C=O) groups excluding carboxylic acids is 1. The van der Waals surface area contributed by atoms with Crippen molar-refractivity contribution in [3.8, 4) is 0 Å². The highest BCUT2D eigenvalue weighted by Gasteiger charge is 2.24. The molecule has 0 saturated carbocycles. The van der Waals surface area contributed by atoms with Crippen molar-refractivity contribution in [3.05, 3.63) is 29.3 Å². The van der Waals surface area contributed by atoms with Crippen LogP contribution in [0.5, 0.6) is 0 Å². The highest BCUT2D eigenvalue weighted by molar-refractivity contribution is 6.01. The number of anilines is 1. The van der Waals surface area contributed by atoms with Crippen molar-refractivity contribution in [2.75, 3.05) is 18.5 Å². The zero-order valence-corrected chi connectivity index (χ0v) is 10.5. The molecule has 1 unspecified atom stereocenters. The SMILES string of the molecule is O=C(O)c1cc(F)c(F)cc1NC(=O)C1CCCOC1. The summed E-state index contributed by atoms with van der Waals surface area (Å²) in [6.07, 6.45) is 1.33. The number of carbonyl (C=O) groups is 2. The van der Waals surface area contributed by atoms with E-state index in [-0.39, 0.29) is 12.3 Å². The first-order valence-electron chi connectivity index (χ1n) is 6.10. The predicted octanol–water partition coefficient (Wildman–Crippen LogP) is 2.03. The lowest BCUT2D eigenvalue weighted by Gasteiger charge is -2.21. The van der Waals surface area contributed by atoms with Gasteiger partial charge in [0, 0.05) is 12.7 Å². The fourth-order valence-corrected chi connectivity index (χ4v) is 2.01. The van der Waals surface area contributed by atoms with E-state index in [2.05, 4.69) is 5.32 Å². The maximum Gasteiger partial charge on any atom is 0.337 e. The van der Waals surface area contributed by atoms with E-state index in [1.807, 2.05) is 0 Å². The maximum absolute atomic E-state index is 13.2. The van der Waals surface area contributed by atoms with Crippen LogP contribution in [0.15, 0.2) is 12.1 Å². The number of nitrogens with one attached hydrogen (secondary N) is 1. The molecule has 0 aromatic heterocycles. The average molecular weight is 285 g/mol. The van der Waals surface area contributed by atoms with Crippen molar-refractivity contribution >= 4 is 17.6 Å². The minimum atomic E-state index is -1.45. The van der Waals surface area contributed by atoms with E-state index in [0.717, 1.165) is 6.42 Å². The third-order valence-electron chi connectivity index (χ3n) is 3.08. The third kappa shape index (κ3) is 3.11. The van der Waals surface area contributed by atoms with Crippen molar-refractivity contribution in [2.45, 2.75) is 12.8 Å². The third-order valence-corrected chi connectivity index (χ3v) is 3.08. The summed E-state index contributed by atoms with van der Waals surface area (Å²) in [4.78, 5) is 22.9. The van der Waals surface area contributed by atoms with E-state index in [1.54, 1.807) is 0 Å². The van der Waals surface area contributed by atoms with Gasteiger partial charge in [0.2, 0.25) is 5.91 Å². The second-order valence-corrected chi connectivity index (χ2v) is 4.52. The molecule has 0 aliphatic carbocycles. The summed E-state index contributed by atoms with van der Waals surface area (Å²) in [5.74, 6) is -4.82. The highest BCUT2D eigenvalue weighted by Crippen LogP contribution is 2.22. The first-order chi connectivity index (χ1) is 9.49. The average Bonchev–Trinajstić information content (AvgIpc) is 2.43. The van der Waals surface area contributed by atoms with Gasteiger partial charge in [0.15, 0.2) is 11.6 Å². The quantitative estimate of drug-likeness (QED) is 0.891. The van der Waals surface area contributed by atoms with Crippen molar-refractivity contribution in [1.82, 2.24) is 0 Å². The van der Waals surface area contributed by atoms with Crippen LogP contribution in [0.3, 0.4) is 0 Å². The normalized spacial score (nSPS) is 18.6. The summed E-state index contributed by atoms with van der Waals surface area (Å²) in [6.45, 7) is 0.813. The van der Waals surface area contributed by atoms with Crippen LogP contribution in [-0.4, -0.2) is 30.2 Å². The Morgan fingerprint density at radius 1 is 1.30 bits per heavy atom. The van der Waals surface area contributed by atoms with Crippen LogP contribution in [0.4, 0.5) is 14.5 Å². The molecule has 1 saturated heterocycles. The fraction of sp³-hybridized carbons (Fsp3) is 0.385. The van der Waals surface area contributed by atoms with Crippen LogP contribution in [0.25, 0.3) is 0 Å². The summed E-state index contributed by atoms with van der Waals surface area (Å²) in [7, 11) is 0. The Kier molecular flexibility index (Phi) is 4.29. The van der Waals surface area contributed by atoms with Crippen LogP contribution < -0.4 is 5.32 Å². The molecule has 0 spiro atoms. The van der Waals surface area contributed by atoms with Crippen LogP contribution in [-0.2, 0) is 9.53 Å². The van der Waals surface area contributed by atoms with Gasteiger partial charge in [-0.2, -0.15) is 0 Å². The fourth-order valence-electron chi connectivity index (χ4n) is 2.01. The van der Waals surface area contributed by atoms with Gasteiger partial charge < -0.3 is 15.2 Å². The summed E-state index contributed by atoms with van der Waals surface area (Å²) >= 11 is 0. The Labute approximate surface area is 113 Å². The molecule has 1 atom stereocenters. The Balaban J connectivity index is 2.21. The zero-order chi connectivity index (χ0) is 14.7. The Morgan fingerprint density at radius 3 is 2.60 bits per heavy atom. The van der Waals surface area contributed by atoms with Crippen molar-refractivity contribution in [1.29, 1.82) is 0 Å². The number of benzene rings is 1. The predicted molar refractivity (Wildman–Crippen MR) is 65.5 cm³/mol. The number of carboxylic acids is 1. The number of hydrogen-bond acceptors (Lipinski definition) is 3. The molecule has 0 bridgehead atoms. The molecule has 0 radical (unpaired) electrons. The van der Waals surface area contributed by atoms with Gasteiger partial charge in [-0.3, -0.25) is 4.79 Å². The standard InChI is InChI=1S/C13H13F2NO4/c14-9-4-8(13(18)19)11(5-10(9)15)16-12(17)7-2-1-3-20-6-7/h4-5,7H,1-3,6H2,(H,16,17)(H,18,19). The molecular formula is C13H13F2NO4. The van der Waals surface area contributed by atoms with E-state index in [4.69, 9.17) is 9.84 Å². The van der Waals surface area contributed by atoms with Gasteiger partial charge >= 0.3 is 5.97 Å². The Bertz CT molecular complexity index is 541. The number of rotatable bonds is 3. The lowest BCUT2D eigenvalue weighted by atomic mass is 10.0. The van der Waals surface area contributed by atoms with Gasteiger partial charge in [0.1, 0.15) is 0 Å². The second kappa shape index (κ2) is 5.96. The lowest BCUT2D eigenvalue weighted by molar-refractivity contribution is -0.123. The van der Waals surface area contributed by atoms with Crippen LogP contribution in [0.2, 0.25) is 0 Å². The number of hydrogen-bond donors (Lipinski definition) is 2. The highest BCUT2D eigenvalue weighted by atomic mass is 19.2. The van der Waals surface area contributed by atoms with Crippen molar-refractivity contribution in [3.63, 3.8) is 0 Å². The number of ether oxygens (including phenoxy) is 1. The number of carboxylic acid groups (broad SMARTS) is 1. The molecule has 1 aromatic rings. The van der Waals surface area contributed by atoms with Gasteiger partial charge in [-0.1, -0.05) is 0 Å². The van der Waals surface area contributed by atoms with Gasteiger partial charge in [-0.15, -0.1) is 0 Å². The lowest BCUT2D eigenvalue weighted by Crippen LogP contribution is -2.30. The van der Waals surface area contributed by atoms with E-state index in [9.17, 15) is 18.4 Å². The minimum absolute atomic E-state index is 0.234. The molecule has 2 N–H and O–H groups in total. The van der Waals surface area contributed by atoms with E-state index >= 15 is 0 Å². The molecule has 1 aliphatic rings. The van der Waals surface area contributed by atoms with Crippen LogP contribution in [0, 0.1) is 17.6 Å². The Hall–Kier alpha value is -2.02. The molecule has 1 fully saturated rings. The van der Waals surface area contributed by atoms with Gasteiger partial charge in [0.25, 0.3) is 0 Å². The second-order valence-electron chi connectivity index (χ2n) is 4.52. The summed E-state index contributed by atoms with van der Waals surface area (Å²) in [5.41, 5.74) is -0.749. The smallest absolute Gasteiger partial charge is 0.337 e. The largest absolute Gasteiger partial charge is 0.478 e. The summed E-state index contributed by atoms with van der Waals surface area (Å²) in [5, 5.41) is 11.3. The Morgan fingerprint density at radius 2 is 2.00 bits per heavy atom. The molecule has 1 heterocycles. The van der Waals surface area contributed by atoms with E-state index < -0.39 is 35.0 Å². The van der Waals surface area contributed by atoms with E-state index in [0.29, 0.717) is 25.2 Å². The van der Waals surface area contributed by atoms with Gasteiger partial charge in [-0.05, 0) is 18.9 Å². The summed E-state index contributed by atoms with van der Waals surface area (Å²) in [6, 6.07) is 1.21. The van der Waals surface area contributed by atoms with Crippen molar-refractivity contribution < 1.29 is 28.2 Å². The molecule has 108 valence electrons. The molecule has 1 aliphatic heterocycles. The molecule has 1 amide bonds. The monoisotopic (exact) mass is 285 g/mol. The molecule has 7 heteroatoms. The van der Waals surface area contributed by atoms with E-state index in [1.165, 1.54) is 0 Å². The number of halogens is 2. The molecule has 20 heavy (non-hydrogen) atoms. The first kappa shape index (κ1) is 14.4. The van der Waals surface area contributed by atoms with Gasteiger partial charge in [-0.25, -0.2) is 13.6 Å². The minimum Gasteiger partial charge on any atom is -0.478 e. The zero-order valence-electron chi connectivity index (χ0n) is 10.5. The topological polar surface area (TPSA) is 75.6 Å². The first-order valence-corrected chi connectivity index (χ1v) is 6.10. The van der Waals surface area contributed by atoms with Crippen LogP contribution in [0.1, 0.15) is 23.2 Å². The molecule has 1 aromatic carbocycles.